The summed E-state index contributed by atoms with van der Waals surface area (Å²) >= 11 is 0. The Hall–Kier alpha value is -0.0800. The van der Waals surface area contributed by atoms with Crippen LogP contribution in [0.1, 0.15) is 46.5 Å². The number of hydrogen-bond acceptors (Lipinski definition) is 2. The summed E-state index contributed by atoms with van der Waals surface area (Å²) in [5, 5.41) is 3.54. The van der Waals surface area contributed by atoms with E-state index in [4.69, 9.17) is 4.74 Å². The van der Waals surface area contributed by atoms with Crippen molar-refractivity contribution in [1.29, 1.82) is 0 Å². The van der Waals surface area contributed by atoms with Gasteiger partial charge in [0.15, 0.2) is 0 Å². The summed E-state index contributed by atoms with van der Waals surface area (Å²) in [5.74, 6) is 1.85. The third-order valence-corrected chi connectivity index (χ3v) is 5.26. The highest BCUT2D eigenvalue weighted by Gasteiger charge is 2.58. The first-order chi connectivity index (χ1) is 8.00. The number of hydrogen-bond donors (Lipinski definition) is 1. The average molecular weight is 239 g/mol. The fourth-order valence-electron chi connectivity index (χ4n) is 3.99. The molecule has 17 heavy (non-hydrogen) atoms. The monoisotopic (exact) mass is 239 g/mol. The van der Waals surface area contributed by atoms with Crippen molar-refractivity contribution in [3.05, 3.63) is 0 Å². The van der Waals surface area contributed by atoms with Gasteiger partial charge in [0.2, 0.25) is 0 Å². The largest absolute Gasteiger partial charge is 0.383 e. The molecule has 0 aromatic carbocycles. The zero-order valence-corrected chi connectivity index (χ0v) is 12.0. The molecule has 3 atom stereocenters. The summed E-state index contributed by atoms with van der Waals surface area (Å²) in [6.07, 6.45) is 5.76. The van der Waals surface area contributed by atoms with Crippen LogP contribution in [0.4, 0.5) is 0 Å². The lowest BCUT2D eigenvalue weighted by atomic mass is 9.65. The van der Waals surface area contributed by atoms with Crippen molar-refractivity contribution in [2.75, 3.05) is 26.8 Å². The lowest BCUT2D eigenvalue weighted by Gasteiger charge is -2.40. The van der Waals surface area contributed by atoms with Crippen LogP contribution in [0, 0.1) is 22.7 Å². The van der Waals surface area contributed by atoms with E-state index in [0.29, 0.717) is 10.8 Å². The third-order valence-electron chi connectivity index (χ3n) is 5.26. The van der Waals surface area contributed by atoms with Gasteiger partial charge in [0.05, 0.1) is 6.61 Å². The predicted molar refractivity (Wildman–Crippen MR) is 72.1 cm³/mol. The van der Waals surface area contributed by atoms with Crippen molar-refractivity contribution in [3.8, 4) is 0 Å². The van der Waals surface area contributed by atoms with Gasteiger partial charge in [-0.05, 0) is 54.9 Å². The van der Waals surface area contributed by atoms with Gasteiger partial charge in [-0.15, -0.1) is 0 Å². The van der Waals surface area contributed by atoms with Gasteiger partial charge in [0.1, 0.15) is 0 Å². The molecular weight excluding hydrogens is 210 g/mol. The molecule has 3 unspecified atom stereocenters. The Bertz CT molecular complexity index is 264. The first-order valence-corrected chi connectivity index (χ1v) is 7.20. The normalized spacial score (nSPS) is 39.5. The second-order valence-electron chi connectivity index (χ2n) is 7.10. The summed E-state index contributed by atoms with van der Waals surface area (Å²) in [7, 11) is 1.77. The SMILES string of the molecule is COCCNCC1CC12CCC(C)(C)CC2C. The van der Waals surface area contributed by atoms with Crippen LogP contribution in [-0.2, 0) is 4.74 Å². The van der Waals surface area contributed by atoms with Crippen molar-refractivity contribution >= 4 is 0 Å². The Balaban J connectivity index is 1.76. The first-order valence-electron chi connectivity index (χ1n) is 7.20. The maximum atomic E-state index is 5.07. The minimum atomic E-state index is 0.585. The van der Waals surface area contributed by atoms with Crippen molar-refractivity contribution in [2.45, 2.75) is 46.5 Å². The van der Waals surface area contributed by atoms with Gasteiger partial charge >= 0.3 is 0 Å². The quantitative estimate of drug-likeness (QED) is 0.745. The van der Waals surface area contributed by atoms with Crippen LogP contribution in [0.15, 0.2) is 0 Å². The molecule has 0 bridgehead atoms. The summed E-state index contributed by atoms with van der Waals surface area (Å²) in [4.78, 5) is 0. The van der Waals surface area contributed by atoms with E-state index in [2.05, 4.69) is 26.1 Å². The minimum absolute atomic E-state index is 0.585. The molecular formula is C15H29NO. The Morgan fingerprint density at radius 3 is 2.65 bits per heavy atom. The topological polar surface area (TPSA) is 21.3 Å². The van der Waals surface area contributed by atoms with E-state index < -0.39 is 0 Å². The highest BCUT2D eigenvalue weighted by atomic mass is 16.5. The van der Waals surface area contributed by atoms with Gasteiger partial charge in [-0.2, -0.15) is 0 Å². The first kappa shape index (κ1) is 13.4. The Labute approximate surface area is 107 Å². The summed E-state index contributed by atoms with van der Waals surface area (Å²) in [6.45, 7) is 10.4. The van der Waals surface area contributed by atoms with Crippen LogP contribution in [0.3, 0.4) is 0 Å². The Morgan fingerprint density at radius 2 is 2.00 bits per heavy atom. The lowest BCUT2D eigenvalue weighted by Crippen LogP contribution is -2.32. The molecule has 0 radical (unpaired) electrons. The Morgan fingerprint density at radius 1 is 1.24 bits per heavy atom. The van der Waals surface area contributed by atoms with E-state index in [1.807, 2.05) is 0 Å². The molecule has 1 spiro atoms. The molecule has 2 nitrogen and oxygen atoms in total. The summed E-state index contributed by atoms with van der Waals surface area (Å²) < 4.78 is 5.07. The van der Waals surface area contributed by atoms with E-state index in [1.54, 1.807) is 7.11 Å². The molecule has 2 rings (SSSR count). The minimum Gasteiger partial charge on any atom is -0.383 e. The van der Waals surface area contributed by atoms with Crippen LogP contribution >= 0.6 is 0 Å². The smallest absolute Gasteiger partial charge is 0.0587 e. The number of nitrogens with one attached hydrogen (secondary N) is 1. The second-order valence-corrected chi connectivity index (χ2v) is 7.10. The fourth-order valence-corrected chi connectivity index (χ4v) is 3.99. The molecule has 2 saturated carbocycles. The Kier molecular flexibility index (Phi) is 3.84. The van der Waals surface area contributed by atoms with Crippen LogP contribution < -0.4 is 5.32 Å². The number of ether oxygens (including phenoxy) is 1. The predicted octanol–water partition coefficient (Wildman–Crippen LogP) is 3.07. The van der Waals surface area contributed by atoms with Crippen molar-refractivity contribution in [1.82, 2.24) is 5.32 Å². The summed E-state index contributed by atoms with van der Waals surface area (Å²) in [5.41, 5.74) is 1.29. The van der Waals surface area contributed by atoms with E-state index in [-0.39, 0.29) is 0 Å². The molecule has 0 heterocycles. The van der Waals surface area contributed by atoms with Gasteiger partial charge in [0.25, 0.3) is 0 Å². The van der Waals surface area contributed by atoms with Crippen LogP contribution in [0.25, 0.3) is 0 Å². The van der Waals surface area contributed by atoms with Gasteiger partial charge in [-0.1, -0.05) is 20.8 Å². The maximum absolute atomic E-state index is 5.07. The van der Waals surface area contributed by atoms with E-state index in [1.165, 1.54) is 32.2 Å². The maximum Gasteiger partial charge on any atom is 0.0587 e. The van der Waals surface area contributed by atoms with Gasteiger partial charge in [-0.3, -0.25) is 0 Å². The zero-order chi connectivity index (χ0) is 12.5. The van der Waals surface area contributed by atoms with E-state index in [9.17, 15) is 0 Å². The standard InChI is InChI=1S/C15H29NO/c1-12-9-14(2,3)5-6-15(12)10-13(15)11-16-7-8-17-4/h12-13,16H,5-11H2,1-4H3. The molecule has 1 N–H and O–H groups in total. The zero-order valence-electron chi connectivity index (χ0n) is 12.0. The van der Waals surface area contributed by atoms with Crippen molar-refractivity contribution < 1.29 is 4.74 Å². The van der Waals surface area contributed by atoms with Crippen LogP contribution in [0.2, 0.25) is 0 Å². The van der Waals surface area contributed by atoms with Crippen molar-refractivity contribution in [2.24, 2.45) is 22.7 Å². The number of methoxy groups -OCH3 is 1. The van der Waals surface area contributed by atoms with Gasteiger partial charge < -0.3 is 10.1 Å². The van der Waals surface area contributed by atoms with Crippen molar-refractivity contribution in [3.63, 3.8) is 0 Å². The number of rotatable bonds is 5. The second kappa shape index (κ2) is 4.89. The van der Waals surface area contributed by atoms with E-state index >= 15 is 0 Å². The molecule has 2 fully saturated rings. The van der Waals surface area contributed by atoms with Gasteiger partial charge in [0, 0.05) is 13.7 Å². The van der Waals surface area contributed by atoms with Crippen LogP contribution in [-0.4, -0.2) is 26.8 Å². The molecule has 100 valence electrons. The molecule has 0 aromatic rings. The molecule has 0 amide bonds. The molecule has 2 heteroatoms. The molecule has 0 aromatic heterocycles. The third kappa shape index (κ3) is 2.85. The average Bonchev–Trinajstić information content (AvgIpc) is 2.95. The highest BCUT2D eigenvalue weighted by molar-refractivity contribution is 5.09. The van der Waals surface area contributed by atoms with E-state index in [0.717, 1.165) is 25.0 Å². The molecule has 0 saturated heterocycles. The van der Waals surface area contributed by atoms with Crippen LogP contribution in [0.5, 0.6) is 0 Å². The molecule has 0 aliphatic heterocycles. The molecule has 2 aliphatic rings. The highest BCUT2D eigenvalue weighted by Crippen LogP contribution is 2.66. The molecule has 2 aliphatic carbocycles. The fraction of sp³-hybridized carbons (Fsp3) is 1.00. The summed E-state index contributed by atoms with van der Waals surface area (Å²) in [6, 6.07) is 0. The van der Waals surface area contributed by atoms with Gasteiger partial charge in [-0.25, -0.2) is 0 Å². The lowest BCUT2D eigenvalue weighted by molar-refractivity contribution is 0.101.